The molecule has 0 radical (unpaired) electrons. The molecule has 4 rings (SSSR count). The van der Waals surface area contributed by atoms with Crippen LogP contribution < -0.4 is 0 Å². The molecule has 1 aliphatic rings. The molecule has 1 aromatic heterocycles. The van der Waals surface area contributed by atoms with Gasteiger partial charge in [0.25, 0.3) is 5.91 Å². The minimum atomic E-state index is -0.470. The summed E-state index contributed by atoms with van der Waals surface area (Å²) in [5.41, 5.74) is 2.78. The van der Waals surface area contributed by atoms with Crippen molar-refractivity contribution in [1.82, 2.24) is 14.9 Å². The average Bonchev–Trinajstić information content (AvgIpc) is 2.89. The molecule has 1 aliphatic heterocycles. The van der Waals surface area contributed by atoms with Gasteiger partial charge in [0.05, 0.1) is 17.2 Å². The van der Waals surface area contributed by atoms with E-state index in [1.807, 2.05) is 24.0 Å². The van der Waals surface area contributed by atoms with Crippen LogP contribution in [0.3, 0.4) is 0 Å². The molecule has 3 aromatic rings. The number of benzene rings is 2. The zero-order chi connectivity index (χ0) is 24.0. The van der Waals surface area contributed by atoms with E-state index in [0.29, 0.717) is 43.6 Å². The van der Waals surface area contributed by atoms with E-state index >= 15 is 0 Å². The Morgan fingerprint density at radius 1 is 1.18 bits per heavy atom. The predicted molar refractivity (Wildman–Crippen MR) is 135 cm³/mol. The molecule has 5 heteroatoms. The van der Waals surface area contributed by atoms with E-state index in [-0.39, 0.29) is 5.91 Å². The maximum atomic E-state index is 13.5. The summed E-state index contributed by atoms with van der Waals surface area (Å²) in [4.78, 5) is 23.6. The number of fused-ring (bicyclic) bond motifs is 1. The third-order valence-corrected chi connectivity index (χ3v) is 6.60. The normalized spacial score (nSPS) is 16.2. The van der Waals surface area contributed by atoms with Crippen molar-refractivity contribution in [3.05, 3.63) is 103 Å². The van der Waals surface area contributed by atoms with Crippen molar-refractivity contribution in [2.24, 2.45) is 5.41 Å². The monoisotopic (exact) mass is 448 g/mol. The van der Waals surface area contributed by atoms with Crippen LogP contribution in [-0.4, -0.2) is 33.9 Å². The van der Waals surface area contributed by atoms with Gasteiger partial charge in [0.1, 0.15) is 6.33 Å². The number of allylic oxidation sites excluding steroid dienone is 3. The molecular formula is C29H28N4O. The first kappa shape index (κ1) is 23.1. The van der Waals surface area contributed by atoms with Crippen LogP contribution in [0.1, 0.15) is 31.0 Å². The van der Waals surface area contributed by atoms with Crippen molar-refractivity contribution in [3.63, 3.8) is 0 Å². The number of hydrogen-bond acceptors (Lipinski definition) is 4. The van der Waals surface area contributed by atoms with Gasteiger partial charge in [0.2, 0.25) is 0 Å². The van der Waals surface area contributed by atoms with Crippen LogP contribution in [0, 0.1) is 16.7 Å². The zero-order valence-corrected chi connectivity index (χ0v) is 19.4. The predicted octanol–water partition coefficient (Wildman–Crippen LogP) is 5.52. The van der Waals surface area contributed by atoms with Crippen LogP contribution in [-0.2, 0) is 11.2 Å². The summed E-state index contributed by atoms with van der Waals surface area (Å²) in [6, 6.07) is 19.1. The zero-order valence-electron chi connectivity index (χ0n) is 19.4. The van der Waals surface area contributed by atoms with Gasteiger partial charge < -0.3 is 4.90 Å². The van der Waals surface area contributed by atoms with Gasteiger partial charge in [0.15, 0.2) is 0 Å². The van der Waals surface area contributed by atoms with Gasteiger partial charge in [-0.25, -0.2) is 9.97 Å². The standard InChI is InChI=1S/C29H28N4O/c1-3-4-9-26(22(2)27-12-15-31-21-32-27)28(34)33-16-13-29(20-30,14-17-33)19-23-10-11-24-7-5-6-8-25(24)18-23/h3-12,15,18,21H,1,13-14,16-17,19H2,2H3/b9-4-,26-22-. The van der Waals surface area contributed by atoms with Crippen molar-refractivity contribution in [1.29, 1.82) is 5.26 Å². The lowest BCUT2D eigenvalue weighted by molar-refractivity contribution is -0.128. The maximum Gasteiger partial charge on any atom is 0.254 e. The van der Waals surface area contributed by atoms with Crippen LogP contribution in [0.25, 0.3) is 16.3 Å². The van der Waals surface area contributed by atoms with Crippen LogP contribution >= 0.6 is 0 Å². The molecule has 0 unspecified atom stereocenters. The third kappa shape index (κ3) is 4.97. The van der Waals surface area contributed by atoms with Gasteiger partial charge in [-0.1, -0.05) is 61.2 Å². The average molecular weight is 449 g/mol. The summed E-state index contributed by atoms with van der Waals surface area (Å²) in [5, 5.41) is 12.5. The molecule has 1 amide bonds. The Balaban J connectivity index is 1.52. The number of amides is 1. The van der Waals surface area contributed by atoms with Gasteiger partial charge in [-0.05, 0) is 60.2 Å². The lowest BCUT2D eigenvalue weighted by Crippen LogP contribution is -2.44. The second-order valence-corrected chi connectivity index (χ2v) is 8.77. The molecule has 0 spiro atoms. The number of piperidine rings is 1. The molecule has 0 atom stereocenters. The topological polar surface area (TPSA) is 69.9 Å². The fraction of sp³-hybridized carbons (Fsp3) is 0.241. The van der Waals surface area contributed by atoms with Gasteiger partial charge in [-0.3, -0.25) is 4.79 Å². The van der Waals surface area contributed by atoms with E-state index in [2.05, 4.69) is 52.9 Å². The summed E-state index contributed by atoms with van der Waals surface area (Å²) in [7, 11) is 0. The first-order chi connectivity index (χ1) is 16.5. The minimum Gasteiger partial charge on any atom is -0.339 e. The number of nitriles is 1. The first-order valence-electron chi connectivity index (χ1n) is 11.5. The number of rotatable bonds is 6. The van der Waals surface area contributed by atoms with Crippen molar-refractivity contribution in [2.75, 3.05) is 13.1 Å². The van der Waals surface area contributed by atoms with Crippen molar-refractivity contribution < 1.29 is 4.79 Å². The van der Waals surface area contributed by atoms with E-state index in [1.54, 1.807) is 30.5 Å². The Morgan fingerprint density at radius 3 is 2.62 bits per heavy atom. The smallest absolute Gasteiger partial charge is 0.254 e. The number of hydrogen-bond donors (Lipinski definition) is 0. The molecule has 1 fully saturated rings. The second-order valence-electron chi connectivity index (χ2n) is 8.77. The highest BCUT2D eigenvalue weighted by atomic mass is 16.2. The van der Waals surface area contributed by atoms with E-state index in [4.69, 9.17) is 0 Å². The van der Waals surface area contributed by atoms with Crippen LogP contribution in [0.4, 0.5) is 0 Å². The highest BCUT2D eigenvalue weighted by Gasteiger charge is 2.37. The van der Waals surface area contributed by atoms with Gasteiger partial charge in [-0.15, -0.1) is 0 Å². The first-order valence-corrected chi connectivity index (χ1v) is 11.5. The fourth-order valence-electron chi connectivity index (χ4n) is 4.55. The maximum absolute atomic E-state index is 13.5. The SMILES string of the molecule is C=C/C=C\C(C(=O)N1CCC(C#N)(Cc2ccc3ccccc3c2)CC1)=C(/C)c1ccncn1. The number of carbonyl (C=O) groups is 1. The molecule has 5 nitrogen and oxygen atoms in total. The summed E-state index contributed by atoms with van der Waals surface area (Å²) >= 11 is 0. The molecule has 0 saturated carbocycles. The molecule has 0 bridgehead atoms. The largest absolute Gasteiger partial charge is 0.339 e. The number of nitrogens with zero attached hydrogens (tertiary/aromatic N) is 4. The Bertz CT molecular complexity index is 1290. The molecule has 0 N–H and O–H groups in total. The third-order valence-electron chi connectivity index (χ3n) is 6.60. The van der Waals surface area contributed by atoms with E-state index < -0.39 is 5.41 Å². The van der Waals surface area contributed by atoms with Crippen molar-refractivity contribution in [2.45, 2.75) is 26.2 Å². The molecule has 0 aliphatic carbocycles. The van der Waals surface area contributed by atoms with E-state index in [0.717, 1.165) is 11.1 Å². The van der Waals surface area contributed by atoms with Gasteiger partial charge in [-0.2, -0.15) is 5.26 Å². The van der Waals surface area contributed by atoms with Crippen molar-refractivity contribution >= 4 is 22.3 Å². The summed E-state index contributed by atoms with van der Waals surface area (Å²) < 4.78 is 0. The second kappa shape index (κ2) is 10.3. The van der Waals surface area contributed by atoms with Crippen LogP contribution in [0.5, 0.6) is 0 Å². The number of carbonyl (C=O) groups excluding carboxylic acids is 1. The lowest BCUT2D eigenvalue weighted by atomic mass is 9.74. The quantitative estimate of drug-likeness (QED) is 0.368. The highest BCUT2D eigenvalue weighted by molar-refractivity contribution is 6.03. The summed E-state index contributed by atoms with van der Waals surface area (Å²) in [6.07, 6.45) is 10.3. The Labute approximate surface area is 200 Å². The van der Waals surface area contributed by atoms with Crippen LogP contribution in [0.2, 0.25) is 0 Å². The summed E-state index contributed by atoms with van der Waals surface area (Å²) in [6.45, 7) is 6.71. The van der Waals surface area contributed by atoms with Crippen molar-refractivity contribution in [3.8, 4) is 6.07 Å². The molecule has 170 valence electrons. The fourth-order valence-corrected chi connectivity index (χ4v) is 4.55. The Morgan fingerprint density at radius 2 is 1.94 bits per heavy atom. The Hall–Kier alpha value is -4.04. The molecule has 2 heterocycles. The van der Waals surface area contributed by atoms with E-state index in [1.165, 1.54) is 17.1 Å². The lowest BCUT2D eigenvalue weighted by Gasteiger charge is -2.37. The summed E-state index contributed by atoms with van der Waals surface area (Å²) in [5.74, 6) is -0.0496. The Kier molecular flexibility index (Phi) is 6.98. The number of likely N-dealkylation sites (tertiary alicyclic amines) is 1. The molecule has 2 aromatic carbocycles. The van der Waals surface area contributed by atoms with Gasteiger partial charge >= 0.3 is 0 Å². The molecule has 34 heavy (non-hydrogen) atoms. The van der Waals surface area contributed by atoms with Gasteiger partial charge in [0, 0.05) is 24.9 Å². The molecular weight excluding hydrogens is 420 g/mol. The van der Waals surface area contributed by atoms with E-state index in [9.17, 15) is 10.1 Å². The highest BCUT2D eigenvalue weighted by Crippen LogP contribution is 2.36. The molecule has 1 saturated heterocycles. The minimum absolute atomic E-state index is 0.0496. The van der Waals surface area contributed by atoms with Crippen LogP contribution in [0.15, 0.2) is 91.4 Å². The number of aromatic nitrogens is 2.